The molecule has 0 radical (unpaired) electrons. The van der Waals surface area contributed by atoms with Gasteiger partial charge in [0, 0.05) is 29.7 Å². The van der Waals surface area contributed by atoms with Crippen LogP contribution in [0.5, 0.6) is 0 Å². The summed E-state index contributed by atoms with van der Waals surface area (Å²) in [6.45, 7) is 4.30. The van der Waals surface area contributed by atoms with E-state index in [9.17, 15) is 4.39 Å². The summed E-state index contributed by atoms with van der Waals surface area (Å²) in [7, 11) is 0. The van der Waals surface area contributed by atoms with Gasteiger partial charge in [-0.05, 0) is 32.0 Å². The van der Waals surface area contributed by atoms with Crippen molar-refractivity contribution >= 4 is 11.6 Å². The number of halogens is 1. The van der Waals surface area contributed by atoms with Gasteiger partial charge in [0.2, 0.25) is 5.95 Å². The molecule has 2 rings (SSSR count). The van der Waals surface area contributed by atoms with Gasteiger partial charge in [0.15, 0.2) is 0 Å². The van der Waals surface area contributed by atoms with Gasteiger partial charge < -0.3 is 10.0 Å². The maximum absolute atomic E-state index is 13.3. The van der Waals surface area contributed by atoms with Crippen molar-refractivity contribution in [2.75, 3.05) is 11.4 Å². The van der Waals surface area contributed by atoms with E-state index in [1.54, 1.807) is 12.3 Å². The number of nitrogens with zero attached hydrogens (tertiary/aromatic N) is 3. The van der Waals surface area contributed by atoms with E-state index < -0.39 is 0 Å². The number of hydrogen-bond acceptors (Lipinski definition) is 4. The number of aromatic nitrogens is 2. The van der Waals surface area contributed by atoms with Gasteiger partial charge in [0.25, 0.3) is 0 Å². The van der Waals surface area contributed by atoms with Gasteiger partial charge in [0.05, 0.1) is 6.61 Å². The molecular formula is C14H16FN3O. The van der Waals surface area contributed by atoms with Crippen LogP contribution in [-0.4, -0.2) is 21.6 Å². The molecule has 0 amide bonds. The molecule has 0 spiro atoms. The summed E-state index contributed by atoms with van der Waals surface area (Å²) in [5, 5.41) is 9.12. The Morgan fingerprint density at radius 2 is 2.16 bits per heavy atom. The molecule has 0 saturated carbocycles. The van der Waals surface area contributed by atoms with Crippen molar-refractivity contribution < 1.29 is 9.50 Å². The number of hydrogen-bond donors (Lipinski definition) is 1. The van der Waals surface area contributed by atoms with Gasteiger partial charge in [-0.25, -0.2) is 14.4 Å². The standard InChI is InChI=1S/C14H16FN3O/c1-3-18(13-6-4-5-12(15)7-13)14-16-8-11(9-19)10(2)17-14/h4-8,19H,3,9H2,1-2H3. The summed E-state index contributed by atoms with van der Waals surface area (Å²) < 4.78 is 13.3. The third-order valence-corrected chi connectivity index (χ3v) is 2.92. The van der Waals surface area contributed by atoms with Gasteiger partial charge in [-0.1, -0.05) is 6.07 Å². The van der Waals surface area contributed by atoms with Crippen molar-refractivity contribution in [2.24, 2.45) is 0 Å². The van der Waals surface area contributed by atoms with E-state index in [2.05, 4.69) is 9.97 Å². The smallest absolute Gasteiger partial charge is 0.230 e. The fourth-order valence-corrected chi connectivity index (χ4v) is 1.85. The second kappa shape index (κ2) is 5.75. The highest BCUT2D eigenvalue weighted by Gasteiger charge is 2.12. The average molecular weight is 261 g/mol. The second-order valence-corrected chi connectivity index (χ2v) is 4.16. The van der Waals surface area contributed by atoms with Crippen molar-refractivity contribution in [3.8, 4) is 0 Å². The molecule has 0 aliphatic rings. The quantitative estimate of drug-likeness (QED) is 0.919. The van der Waals surface area contributed by atoms with E-state index in [0.717, 1.165) is 5.69 Å². The van der Waals surface area contributed by atoms with Crippen LogP contribution in [0.2, 0.25) is 0 Å². The number of aliphatic hydroxyl groups excluding tert-OH is 1. The SMILES string of the molecule is CCN(c1cccc(F)c1)c1ncc(CO)c(C)n1. The van der Waals surface area contributed by atoms with Gasteiger partial charge in [-0.15, -0.1) is 0 Å². The number of aliphatic hydroxyl groups is 1. The van der Waals surface area contributed by atoms with Gasteiger partial charge in [-0.3, -0.25) is 0 Å². The maximum atomic E-state index is 13.3. The average Bonchev–Trinajstić information content (AvgIpc) is 2.40. The lowest BCUT2D eigenvalue weighted by Gasteiger charge is -2.21. The Morgan fingerprint density at radius 1 is 1.37 bits per heavy atom. The number of anilines is 2. The first kappa shape index (κ1) is 13.4. The van der Waals surface area contributed by atoms with Crippen LogP contribution in [-0.2, 0) is 6.61 Å². The zero-order valence-corrected chi connectivity index (χ0v) is 11.0. The Bertz CT molecular complexity index is 574. The molecule has 1 aromatic carbocycles. The number of rotatable bonds is 4. The van der Waals surface area contributed by atoms with Gasteiger partial charge in [-0.2, -0.15) is 0 Å². The molecule has 0 unspecified atom stereocenters. The summed E-state index contributed by atoms with van der Waals surface area (Å²) in [4.78, 5) is 10.4. The minimum absolute atomic E-state index is 0.0851. The molecule has 1 heterocycles. The third-order valence-electron chi connectivity index (χ3n) is 2.92. The first-order valence-electron chi connectivity index (χ1n) is 6.12. The molecular weight excluding hydrogens is 245 g/mol. The van der Waals surface area contributed by atoms with Gasteiger partial charge >= 0.3 is 0 Å². The summed E-state index contributed by atoms with van der Waals surface area (Å²) in [6.07, 6.45) is 1.60. The molecule has 100 valence electrons. The lowest BCUT2D eigenvalue weighted by atomic mass is 10.2. The maximum Gasteiger partial charge on any atom is 0.230 e. The first-order chi connectivity index (χ1) is 9.15. The van der Waals surface area contributed by atoms with Crippen LogP contribution in [0.15, 0.2) is 30.5 Å². The number of benzene rings is 1. The minimum Gasteiger partial charge on any atom is -0.392 e. The van der Waals surface area contributed by atoms with Crippen LogP contribution in [0.1, 0.15) is 18.2 Å². The van der Waals surface area contributed by atoms with Crippen molar-refractivity contribution in [1.82, 2.24) is 9.97 Å². The highest BCUT2D eigenvalue weighted by molar-refractivity contribution is 5.57. The molecule has 0 aliphatic carbocycles. The lowest BCUT2D eigenvalue weighted by Crippen LogP contribution is -2.19. The lowest BCUT2D eigenvalue weighted by molar-refractivity contribution is 0.280. The van der Waals surface area contributed by atoms with Crippen LogP contribution in [0.3, 0.4) is 0 Å². The Hall–Kier alpha value is -2.01. The molecule has 19 heavy (non-hydrogen) atoms. The van der Waals surface area contributed by atoms with Crippen LogP contribution in [0, 0.1) is 12.7 Å². The molecule has 0 aliphatic heterocycles. The number of aryl methyl sites for hydroxylation is 1. The first-order valence-corrected chi connectivity index (χ1v) is 6.12. The van der Waals surface area contributed by atoms with E-state index in [1.165, 1.54) is 12.1 Å². The summed E-state index contributed by atoms with van der Waals surface area (Å²) in [5.41, 5.74) is 2.13. The largest absolute Gasteiger partial charge is 0.392 e. The molecule has 1 aromatic heterocycles. The monoisotopic (exact) mass is 261 g/mol. The van der Waals surface area contributed by atoms with E-state index in [-0.39, 0.29) is 12.4 Å². The highest BCUT2D eigenvalue weighted by atomic mass is 19.1. The van der Waals surface area contributed by atoms with E-state index in [0.29, 0.717) is 23.7 Å². The summed E-state index contributed by atoms with van der Waals surface area (Å²) >= 11 is 0. The Balaban J connectivity index is 2.39. The van der Waals surface area contributed by atoms with Gasteiger partial charge in [0.1, 0.15) is 5.82 Å². The highest BCUT2D eigenvalue weighted by Crippen LogP contribution is 2.23. The van der Waals surface area contributed by atoms with E-state index in [4.69, 9.17) is 5.11 Å². The molecule has 2 aromatic rings. The fourth-order valence-electron chi connectivity index (χ4n) is 1.85. The van der Waals surface area contributed by atoms with Crippen LogP contribution in [0.4, 0.5) is 16.0 Å². The molecule has 5 heteroatoms. The Labute approximate surface area is 111 Å². The summed E-state index contributed by atoms with van der Waals surface area (Å²) in [6, 6.07) is 6.31. The van der Waals surface area contributed by atoms with Crippen LogP contribution in [0.25, 0.3) is 0 Å². The minimum atomic E-state index is -0.292. The Kier molecular flexibility index (Phi) is 4.06. The predicted octanol–water partition coefficient (Wildman–Crippen LogP) is 2.57. The van der Waals surface area contributed by atoms with E-state index in [1.807, 2.05) is 24.8 Å². The predicted molar refractivity (Wildman–Crippen MR) is 71.8 cm³/mol. The molecule has 0 saturated heterocycles. The molecule has 0 bridgehead atoms. The molecule has 1 N–H and O–H groups in total. The molecule has 0 fully saturated rings. The van der Waals surface area contributed by atoms with Crippen molar-refractivity contribution in [1.29, 1.82) is 0 Å². The van der Waals surface area contributed by atoms with Crippen LogP contribution >= 0.6 is 0 Å². The normalized spacial score (nSPS) is 10.5. The van der Waals surface area contributed by atoms with Crippen molar-refractivity contribution in [3.05, 3.63) is 47.5 Å². The zero-order chi connectivity index (χ0) is 13.8. The topological polar surface area (TPSA) is 49.2 Å². The summed E-state index contributed by atoms with van der Waals surface area (Å²) in [5.74, 6) is 0.211. The second-order valence-electron chi connectivity index (χ2n) is 4.16. The third kappa shape index (κ3) is 2.88. The van der Waals surface area contributed by atoms with Crippen molar-refractivity contribution in [2.45, 2.75) is 20.5 Å². The molecule has 0 atom stereocenters. The Morgan fingerprint density at radius 3 is 2.74 bits per heavy atom. The fraction of sp³-hybridized carbons (Fsp3) is 0.286. The van der Waals surface area contributed by atoms with E-state index >= 15 is 0 Å². The zero-order valence-electron chi connectivity index (χ0n) is 11.0. The van der Waals surface area contributed by atoms with Crippen molar-refractivity contribution in [3.63, 3.8) is 0 Å². The van der Waals surface area contributed by atoms with Crippen LogP contribution < -0.4 is 4.90 Å². The molecule has 4 nitrogen and oxygen atoms in total.